The fourth-order valence-electron chi connectivity index (χ4n) is 4.80. The number of rotatable bonds is 4. The quantitative estimate of drug-likeness (QED) is 0.821. The first-order chi connectivity index (χ1) is 11.6. The van der Waals surface area contributed by atoms with Gasteiger partial charge >= 0.3 is 5.97 Å². The predicted molar refractivity (Wildman–Crippen MR) is 88.2 cm³/mol. The molecule has 1 heterocycles. The van der Waals surface area contributed by atoms with E-state index in [1.165, 1.54) is 6.42 Å². The van der Waals surface area contributed by atoms with Crippen molar-refractivity contribution in [1.82, 2.24) is 10.2 Å². The van der Waals surface area contributed by atoms with Crippen molar-refractivity contribution in [1.29, 1.82) is 0 Å². The SMILES string of the molecule is O=C(NCC(=O)N1C(C(=O)O)CC2CCCCC21)C1CCCCC1. The molecule has 0 spiro atoms. The topological polar surface area (TPSA) is 86.7 Å². The van der Waals surface area contributed by atoms with Crippen LogP contribution in [0.1, 0.15) is 64.2 Å². The van der Waals surface area contributed by atoms with E-state index in [-0.39, 0.29) is 30.3 Å². The lowest BCUT2D eigenvalue weighted by Gasteiger charge is -2.33. The second-order valence-corrected chi connectivity index (χ2v) is 7.56. The van der Waals surface area contributed by atoms with Gasteiger partial charge in [0.1, 0.15) is 6.04 Å². The van der Waals surface area contributed by atoms with Crippen LogP contribution in [0.5, 0.6) is 0 Å². The predicted octanol–water partition coefficient (Wildman–Crippen LogP) is 1.93. The molecule has 0 bridgehead atoms. The summed E-state index contributed by atoms with van der Waals surface area (Å²) in [5.74, 6) is -0.882. The molecule has 3 rings (SSSR count). The third kappa shape index (κ3) is 3.57. The van der Waals surface area contributed by atoms with Gasteiger partial charge in [-0.25, -0.2) is 4.79 Å². The van der Waals surface area contributed by atoms with Crippen molar-refractivity contribution in [2.24, 2.45) is 11.8 Å². The van der Waals surface area contributed by atoms with Crippen LogP contribution in [0.2, 0.25) is 0 Å². The van der Waals surface area contributed by atoms with Gasteiger partial charge in [0.05, 0.1) is 6.54 Å². The molecule has 0 aromatic rings. The Morgan fingerprint density at radius 2 is 1.62 bits per heavy atom. The number of carboxylic acid groups (broad SMARTS) is 1. The molecule has 2 N–H and O–H groups in total. The Kier molecular flexibility index (Phi) is 5.41. The number of amides is 2. The zero-order chi connectivity index (χ0) is 17.1. The standard InChI is InChI=1S/C18H28N2O4/c21-16(11-19-17(22)12-6-2-1-3-7-12)20-14-9-5-4-8-13(14)10-15(20)18(23)24/h12-15H,1-11H2,(H,19,22)(H,23,24). The Morgan fingerprint density at radius 1 is 0.958 bits per heavy atom. The van der Waals surface area contributed by atoms with Gasteiger partial charge in [0, 0.05) is 12.0 Å². The summed E-state index contributed by atoms with van der Waals surface area (Å²) in [6.45, 7) is -0.0671. The Hall–Kier alpha value is -1.59. The van der Waals surface area contributed by atoms with Crippen LogP contribution < -0.4 is 5.32 Å². The number of carbonyl (C=O) groups excluding carboxylic acids is 2. The van der Waals surface area contributed by atoms with E-state index >= 15 is 0 Å². The molecule has 0 radical (unpaired) electrons. The summed E-state index contributed by atoms with van der Waals surface area (Å²) in [7, 11) is 0. The number of hydrogen-bond donors (Lipinski definition) is 2. The minimum atomic E-state index is -0.920. The fourth-order valence-corrected chi connectivity index (χ4v) is 4.80. The van der Waals surface area contributed by atoms with Gasteiger partial charge in [0.15, 0.2) is 0 Å². The third-order valence-corrected chi connectivity index (χ3v) is 6.05. The molecule has 2 amide bonds. The summed E-state index contributed by atoms with van der Waals surface area (Å²) in [6, 6.07) is -0.684. The van der Waals surface area contributed by atoms with E-state index in [1.54, 1.807) is 4.90 Å². The molecule has 3 aliphatic rings. The highest BCUT2D eigenvalue weighted by Gasteiger charge is 2.47. The second-order valence-electron chi connectivity index (χ2n) is 7.56. The number of carbonyl (C=O) groups is 3. The van der Waals surface area contributed by atoms with Gasteiger partial charge in [-0.1, -0.05) is 32.1 Å². The van der Waals surface area contributed by atoms with Crippen LogP contribution in [0.4, 0.5) is 0 Å². The maximum atomic E-state index is 12.7. The average Bonchev–Trinajstić information content (AvgIpc) is 3.00. The Labute approximate surface area is 143 Å². The minimum Gasteiger partial charge on any atom is -0.480 e. The first-order valence-electron chi connectivity index (χ1n) is 9.39. The van der Waals surface area contributed by atoms with Crippen molar-refractivity contribution < 1.29 is 19.5 Å². The van der Waals surface area contributed by atoms with Gasteiger partial charge in [-0.15, -0.1) is 0 Å². The zero-order valence-electron chi connectivity index (χ0n) is 14.2. The molecule has 0 aromatic carbocycles. The zero-order valence-corrected chi connectivity index (χ0v) is 14.2. The van der Waals surface area contributed by atoms with Crippen LogP contribution in [0.15, 0.2) is 0 Å². The number of aliphatic carboxylic acids is 1. The van der Waals surface area contributed by atoms with E-state index in [0.717, 1.165) is 51.4 Å². The number of fused-ring (bicyclic) bond motifs is 1. The van der Waals surface area contributed by atoms with E-state index in [4.69, 9.17) is 0 Å². The number of likely N-dealkylation sites (tertiary alicyclic amines) is 1. The van der Waals surface area contributed by atoms with Gasteiger partial charge in [-0.3, -0.25) is 9.59 Å². The fraction of sp³-hybridized carbons (Fsp3) is 0.833. The molecule has 134 valence electrons. The van der Waals surface area contributed by atoms with Crippen LogP contribution in [-0.2, 0) is 14.4 Å². The van der Waals surface area contributed by atoms with Gasteiger partial charge in [-0.2, -0.15) is 0 Å². The molecule has 1 saturated heterocycles. The Morgan fingerprint density at radius 3 is 2.33 bits per heavy atom. The van der Waals surface area contributed by atoms with Gasteiger partial charge < -0.3 is 15.3 Å². The number of nitrogens with one attached hydrogen (secondary N) is 1. The molecule has 2 aliphatic carbocycles. The lowest BCUT2D eigenvalue weighted by atomic mass is 9.85. The van der Waals surface area contributed by atoms with Gasteiger partial charge in [0.25, 0.3) is 0 Å². The van der Waals surface area contributed by atoms with Crippen molar-refractivity contribution in [3.63, 3.8) is 0 Å². The second kappa shape index (κ2) is 7.53. The van der Waals surface area contributed by atoms with Crippen molar-refractivity contribution in [3.8, 4) is 0 Å². The number of carboxylic acids is 1. The normalized spacial score (nSPS) is 30.7. The summed E-state index contributed by atoms with van der Waals surface area (Å²) < 4.78 is 0. The number of hydrogen-bond acceptors (Lipinski definition) is 3. The van der Waals surface area contributed by atoms with Crippen molar-refractivity contribution in [2.75, 3.05) is 6.54 Å². The van der Waals surface area contributed by atoms with E-state index in [2.05, 4.69) is 5.32 Å². The highest BCUT2D eigenvalue weighted by atomic mass is 16.4. The van der Waals surface area contributed by atoms with Crippen LogP contribution in [0.3, 0.4) is 0 Å². The third-order valence-electron chi connectivity index (χ3n) is 6.05. The maximum absolute atomic E-state index is 12.7. The average molecular weight is 336 g/mol. The van der Waals surface area contributed by atoms with Crippen LogP contribution in [-0.4, -0.2) is 46.4 Å². The highest BCUT2D eigenvalue weighted by molar-refractivity contribution is 5.89. The van der Waals surface area contributed by atoms with Crippen molar-refractivity contribution >= 4 is 17.8 Å². The minimum absolute atomic E-state index is 0.0165. The lowest BCUT2D eigenvalue weighted by Crippen LogP contribution is -2.50. The molecule has 3 unspecified atom stereocenters. The molecule has 3 fully saturated rings. The summed E-state index contributed by atoms with van der Waals surface area (Å²) in [6.07, 6.45) is 9.73. The van der Waals surface area contributed by atoms with Crippen LogP contribution in [0, 0.1) is 11.8 Å². The molecular formula is C18H28N2O4. The largest absolute Gasteiger partial charge is 0.480 e. The summed E-state index contributed by atoms with van der Waals surface area (Å²) >= 11 is 0. The molecule has 3 atom stereocenters. The molecular weight excluding hydrogens is 308 g/mol. The van der Waals surface area contributed by atoms with E-state index in [9.17, 15) is 19.5 Å². The molecule has 0 aromatic heterocycles. The Balaban J connectivity index is 1.59. The highest BCUT2D eigenvalue weighted by Crippen LogP contribution is 2.39. The van der Waals surface area contributed by atoms with Crippen LogP contribution in [0.25, 0.3) is 0 Å². The van der Waals surface area contributed by atoms with Crippen LogP contribution >= 0.6 is 0 Å². The molecule has 6 heteroatoms. The monoisotopic (exact) mass is 336 g/mol. The van der Waals surface area contributed by atoms with Gasteiger partial charge in [0.2, 0.25) is 11.8 Å². The summed E-state index contributed by atoms with van der Waals surface area (Å²) in [4.78, 5) is 38.0. The molecule has 24 heavy (non-hydrogen) atoms. The van der Waals surface area contributed by atoms with E-state index in [0.29, 0.717) is 12.3 Å². The van der Waals surface area contributed by atoms with E-state index in [1.807, 2.05) is 0 Å². The van der Waals surface area contributed by atoms with Crippen molar-refractivity contribution in [3.05, 3.63) is 0 Å². The first kappa shape index (κ1) is 17.2. The first-order valence-corrected chi connectivity index (χ1v) is 9.39. The maximum Gasteiger partial charge on any atom is 0.326 e. The summed E-state index contributed by atoms with van der Waals surface area (Å²) in [5, 5.41) is 12.2. The molecule has 1 aliphatic heterocycles. The smallest absolute Gasteiger partial charge is 0.326 e. The Bertz CT molecular complexity index is 501. The van der Waals surface area contributed by atoms with Gasteiger partial charge in [-0.05, 0) is 38.0 Å². The molecule has 2 saturated carbocycles. The number of nitrogens with zero attached hydrogens (tertiary/aromatic N) is 1. The summed E-state index contributed by atoms with van der Waals surface area (Å²) in [5.41, 5.74) is 0. The van der Waals surface area contributed by atoms with E-state index < -0.39 is 12.0 Å². The lowest BCUT2D eigenvalue weighted by molar-refractivity contribution is -0.149. The van der Waals surface area contributed by atoms with Crippen molar-refractivity contribution in [2.45, 2.75) is 76.3 Å². The molecule has 6 nitrogen and oxygen atoms in total.